The van der Waals surface area contributed by atoms with E-state index in [0.717, 1.165) is 32.8 Å². The maximum atomic E-state index is 13.0. The van der Waals surface area contributed by atoms with E-state index >= 15 is 0 Å². The maximum absolute atomic E-state index is 13.0. The second-order valence-electron chi connectivity index (χ2n) is 7.11. The van der Waals surface area contributed by atoms with E-state index in [0.29, 0.717) is 11.3 Å². The van der Waals surface area contributed by atoms with E-state index in [1.807, 2.05) is 19.2 Å². The van der Waals surface area contributed by atoms with Crippen LogP contribution in [0.3, 0.4) is 0 Å². The molecule has 122 valence electrons. The van der Waals surface area contributed by atoms with Gasteiger partial charge >= 0.3 is 0 Å². The van der Waals surface area contributed by atoms with Gasteiger partial charge in [0.2, 0.25) is 0 Å². The Morgan fingerprint density at radius 1 is 1.23 bits per heavy atom. The van der Waals surface area contributed by atoms with Crippen LogP contribution in [0.15, 0.2) is 24.3 Å². The minimum Gasteiger partial charge on any atom is -0.384 e. The number of methoxy groups -OCH3 is 1. The van der Waals surface area contributed by atoms with Crippen LogP contribution in [0.4, 0.5) is 4.39 Å². The fourth-order valence-corrected chi connectivity index (χ4v) is 4.30. The van der Waals surface area contributed by atoms with Crippen LogP contribution in [-0.4, -0.2) is 56.7 Å². The monoisotopic (exact) mass is 306 g/mol. The Kier molecular flexibility index (Phi) is 4.81. The Balaban J connectivity index is 1.58. The summed E-state index contributed by atoms with van der Waals surface area (Å²) in [5.41, 5.74) is 1.64. The lowest BCUT2D eigenvalue weighted by molar-refractivity contribution is 0.0354. The number of hydrogen-bond acceptors (Lipinski definition) is 3. The van der Waals surface area contributed by atoms with Crippen molar-refractivity contribution in [1.82, 2.24) is 9.80 Å². The van der Waals surface area contributed by atoms with Crippen LogP contribution in [0.5, 0.6) is 0 Å². The predicted octanol–water partition coefficient (Wildman–Crippen LogP) is 2.62. The topological polar surface area (TPSA) is 15.7 Å². The molecule has 1 aromatic carbocycles. The highest BCUT2D eigenvalue weighted by Gasteiger charge is 2.46. The molecule has 0 bridgehead atoms. The molecule has 2 heterocycles. The average Bonchev–Trinajstić information content (AvgIpc) is 2.80. The number of likely N-dealkylation sites (tertiary alicyclic amines) is 2. The minimum atomic E-state index is -0.155. The summed E-state index contributed by atoms with van der Waals surface area (Å²) in [5.74, 6) is 0.508. The number of hydrogen-bond donors (Lipinski definition) is 0. The molecule has 22 heavy (non-hydrogen) atoms. The van der Waals surface area contributed by atoms with Gasteiger partial charge in [0.05, 0.1) is 6.61 Å². The van der Waals surface area contributed by atoms with Crippen LogP contribution in [0.1, 0.15) is 18.4 Å². The molecule has 3 nitrogen and oxygen atoms in total. The van der Waals surface area contributed by atoms with E-state index in [1.54, 1.807) is 12.1 Å². The van der Waals surface area contributed by atoms with Crippen molar-refractivity contribution >= 4 is 0 Å². The van der Waals surface area contributed by atoms with Crippen LogP contribution in [0, 0.1) is 17.2 Å². The molecule has 1 aromatic rings. The zero-order valence-corrected chi connectivity index (χ0v) is 13.7. The van der Waals surface area contributed by atoms with Crippen LogP contribution >= 0.6 is 0 Å². The second-order valence-corrected chi connectivity index (χ2v) is 7.11. The zero-order chi connectivity index (χ0) is 15.6. The van der Waals surface area contributed by atoms with Gasteiger partial charge in [0.1, 0.15) is 5.82 Å². The molecule has 0 unspecified atom stereocenters. The van der Waals surface area contributed by atoms with Gasteiger partial charge in [0.25, 0.3) is 0 Å². The number of ether oxygens (including phenoxy) is 1. The number of rotatable bonds is 4. The summed E-state index contributed by atoms with van der Waals surface area (Å²) < 4.78 is 18.4. The standard InChI is InChI=1S/C18H27FN2O/c1-20-12-16(13-22-2)18(14-20)7-9-21(10-8-18)11-15-3-5-17(19)6-4-15/h3-6,16H,7-14H2,1-2H3/t16-/m1/s1. The summed E-state index contributed by atoms with van der Waals surface area (Å²) in [4.78, 5) is 4.96. The van der Waals surface area contributed by atoms with Crippen LogP contribution in [-0.2, 0) is 11.3 Å². The van der Waals surface area contributed by atoms with Crippen LogP contribution in [0.25, 0.3) is 0 Å². The Morgan fingerprint density at radius 3 is 2.55 bits per heavy atom. The van der Waals surface area contributed by atoms with Gasteiger partial charge in [-0.05, 0) is 56.1 Å². The molecular formula is C18H27FN2O. The molecule has 2 fully saturated rings. The quantitative estimate of drug-likeness (QED) is 0.850. The molecule has 2 saturated heterocycles. The van der Waals surface area contributed by atoms with E-state index in [9.17, 15) is 4.39 Å². The van der Waals surface area contributed by atoms with Gasteiger partial charge in [0.15, 0.2) is 0 Å². The number of piperidine rings is 1. The lowest BCUT2D eigenvalue weighted by Gasteiger charge is -2.42. The molecule has 0 saturated carbocycles. The summed E-state index contributed by atoms with van der Waals surface area (Å²) in [6.45, 7) is 6.43. The highest BCUT2D eigenvalue weighted by atomic mass is 19.1. The van der Waals surface area contributed by atoms with Gasteiger partial charge in [-0.25, -0.2) is 4.39 Å². The molecule has 1 atom stereocenters. The first-order valence-corrected chi connectivity index (χ1v) is 8.26. The fourth-order valence-electron chi connectivity index (χ4n) is 4.30. The summed E-state index contributed by atoms with van der Waals surface area (Å²) in [6.07, 6.45) is 2.49. The Morgan fingerprint density at radius 2 is 1.91 bits per heavy atom. The average molecular weight is 306 g/mol. The Bertz CT molecular complexity index is 482. The predicted molar refractivity (Wildman–Crippen MR) is 86.2 cm³/mol. The summed E-state index contributed by atoms with van der Waals surface area (Å²) in [7, 11) is 4.04. The molecular weight excluding hydrogens is 279 g/mol. The lowest BCUT2D eigenvalue weighted by atomic mass is 9.71. The normalized spacial score (nSPS) is 25.9. The third-order valence-electron chi connectivity index (χ3n) is 5.52. The molecule has 1 spiro atoms. The van der Waals surface area contributed by atoms with Crippen molar-refractivity contribution in [2.24, 2.45) is 11.3 Å². The molecule has 2 aliphatic heterocycles. The van der Waals surface area contributed by atoms with E-state index in [-0.39, 0.29) is 5.82 Å². The van der Waals surface area contributed by atoms with E-state index < -0.39 is 0 Å². The number of benzene rings is 1. The van der Waals surface area contributed by atoms with Gasteiger partial charge in [-0.1, -0.05) is 12.1 Å². The van der Waals surface area contributed by atoms with E-state index in [2.05, 4.69) is 16.8 Å². The summed E-state index contributed by atoms with van der Waals surface area (Å²) in [5, 5.41) is 0. The first-order valence-electron chi connectivity index (χ1n) is 8.26. The number of nitrogens with zero attached hydrogens (tertiary/aromatic N) is 2. The summed E-state index contributed by atoms with van der Waals surface area (Å²) >= 11 is 0. The third-order valence-corrected chi connectivity index (χ3v) is 5.52. The smallest absolute Gasteiger partial charge is 0.123 e. The van der Waals surface area contributed by atoms with E-state index in [1.165, 1.54) is 24.9 Å². The minimum absolute atomic E-state index is 0.155. The van der Waals surface area contributed by atoms with Gasteiger partial charge in [0, 0.05) is 32.7 Å². The SMILES string of the molecule is COC[C@H]1CN(C)CC12CCN(Cc1ccc(F)cc1)CC2. The molecule has 0 amide bonds. The summed E-state index contributed by atoms with van der Waals surface area (Å²) in [6, 6.07) is 6.91. The molecule has 0 N–H and O–H groups in total. The molecule has 0 aliphatic carbocycles. The van der Waals surface area contributed by atoms with Crippen LogP contribution in [0.2, 0.25) is 0 Å². The molecule has 0 aromatic heterocycles. The van der Waals surface area contributed by atoms with Crippen molar-refractivity contribution in [2.45, 2.75) is 19.4 Å². The molecule has 3 rings (SSSR count). The highest BCUT2D eigenvalue weighted by Crippen LogP contribution is 2.44. The van der Waals surface area contributed by atoms with Crippen LogP contribution < -0.4 is 0 Å². The van der Waals surface area contributed by atoms with Crippen molar-refractivity contribution in [3.8, 4) is 0 Å². The second kappa shape index (κ2) is 6.65. The van der Waals surface area contributed by atoms with Gasteiger partial charge in [-0.3, -0.25) is 4.90 Å². The molecule has 0 radical (unpaired) electrons. The Hall–Kier alpha value is -0.970. The van der Waals surface area contributed by atoms with Gasteiger partial charge in [-0.15, -0.1) is 0 Å². The van der Waals surface area contributed by atoms with Crippen molar-refractivity contribution in [2.75, 3.05) is 46.9 Å². The maximum Gasteiger partial charge on any atom is 0.123 e. The highest BCUT2D eigenvalue weighted by molar-refractivity contribution is 5.16. The Labute approximate surface area is 133 Å². The zero-order valence-electron chi connectivity index (χ0n) is 13.7. The molecule has 2 aliphatic rings. The number of halogens is 1. The first-order chi connectivity index (χ1) is 10.6. The third kappa shape index (κ3) is 3.34. The van der Waals surface area contributed by atoms with Gasteiger partial charge < -0.3 is 9.64 Å². The lowest BCUT2D eigenvalue weighted by Crippen LogP contribution is -2.44. The first kappa shape index (κ1) is 15.9. The van der Waals surface area contributed by atoms with Crippen molar-refractivity contribution in [1.29, 1.82) is 0 Å². The van der Waals surface area contributed by atoms with Crippen molar-refractivity contribution < 1.29 is 9.13 Å². The van der Waals surface area contributed by atoms with Crippen molar-refractivity contribution in [3.05, 3.63) is 35.6 Å². The van der Waals surface area contributed by atoms with Crippen molar-refractivity contribution in [3.63, 3.8) is 0 Å². The fraction of sp³-hybridized carbons (Fsp3) is 0.667. The molecule has 4 heteroatoms. The van der Waals surface area contributed by atoms with Gasteiger partial charge in [-0.2, -0.15) is 0 Å². The van der Waals surface area contributed by atoms with E-state index in [4.69, 9.17) is 4.74 Å². The largest absolute Gasteiger partial charge is 0.384 e.